The molecule has 1 nitrogen and oxygen atoms in total. The Kier molecular flexibility index (Phi) is 3.70. The lowest BCUT2D eigenvalue weighted by Gasteiger charge is -2.20. The maximum absolute atomic E-state index is 9.61. The van der Waals surface area contributed by atoms with Crippen LogP contribution in [0.15, 0.2) is 186 Å². The lowest BCUT2D eigenvalue weighted by molar-refractivity contribution is 0.673. The first-order valence-corrected chi connectivity index (χ1v) is 16.4. The van der Waals surface area contributed by atoms with Crippen molar-refractivity contribution in [1.29, 1.82) is 0 Å². The van der Waals surface area contributed by atoms with Gasteiger partial charge in [-0.25, -0.2) is 0 Å². The van der Waals surface area contributed by atoms with Crippen LogP contribution in [-0.2, 0) is 0 Å². The van der Waals surface area contributed by atoms with Crippen molar-refractivity contribution in [1.82, 2.24) is 0 Å². The molecule has 0 saturated heterocycles. The maximum atomic E-state index is 9.61. The third-order valence-corrected chi connectivity index (χ3v) is 9.73. The van der Waals surface area contributed by atoms with Crippen molar-refractivity contribution in [3.05, 3.63) is 182 Å². The summed E-state index contributed by atoms with van der Waals surface area (Å²) in [7, 11) is 0. The van der Waals surface area contributed by atoms with E-state index in [0.717, 1.165) is 27.1 Å². The van der Waals surface area contributed by atoms with Gasteiger partial charge in [0.15, 0.2) is 0 Å². The predicted octanol–water partition coefficient (Wildman–Crippen LogP) is 14.4. The second-order valence-electron chi connectivity index (χ2n) is 12.4. The van der Waals surface area contributed by atoms with Crippen LogP contribution in [0.1, 0.15) is 20.6 Å². The Bertz CT molecular complexity index is 3980. The molecule has 0 aliphatic heterocycles. The SMILES string of the molecule is [2H]c1c([2H])c([2H])c2c([2H])c(-c3c4c([2H])c([2H])c([2H])c([2H])c4c(-c4cccc5cccc(-c6cccc7oc8c9ccccc9ccc8c67)c45)c4c([2H])c([2H])c([2H])c([2H])c34)c([2H])c([2H])c2c1[2H]. The summed E-state index contributed by atoms with van der Waals surface area (Å²) in [5.41, 5.74) is 2.25. The van der Waals surface area contributed by atoms with Crippen molar-refractivity contribution in [2.45, 2.75) is 0 Å². The van der Waals surface area contributed by atoms with Crippen LogP contribution in [0.5, 0.6) is 0 Å². The number of benzene rings is 10. The fourth-order valence-corrected chi connectivity index (χ4v) is 7.60. The predicted molar refractivity (Wildman–Crippen MR) is 218 cm³/mol. The van der Waals surface area contributed by atoms with Gasteiger partial charge in [-0.2, -0.15) is 0 Å². The van der Waals surface area contributed by atoms with E-state index in [4.69, 9.17) is 16.8 Å². The zero-order valence-corrected chi connectivity index (χ0v) is 26.6. The summed E-state index contributed by atoms with van der Waals surface area (Å²) < 4.78 is 143. The van der Waals surface area contributed by atoms with Crippen molar-refractivity contribution in [3.63, 3.8) is 0 Å². The molecule has 1 heteroatoms. The first kappa shape index (κ1) is 17.3. The molecule has 0 bridgehead atoms. The van der Waals surface area contributed by atoms with Crippen LogP contribution in [-0.4, -0.2) is 0 Å². The summed E-state index contributed by atoms with van der Waals surface area (Å²) >= 11 is 0. The molecule has 0 aliphatic rings. The molecule has 0 saturated carbocycles. The van der Waals surface area contributed by atoms with E-state index in [1.165, 1.54) is 0 Å². The van der Waals surface area contributed by atoms with Crippen molar-refractivity contribution in [2.24, 2.45) is 0 Å². The van der Waals surface area contributed by atoms with Gasteiger partial charge in [-0.3, -0.25) is 0 Å². The van der Waals surface area contributed by atoms with E-state index < -0.39 is 107 Å². The minimum Gasteiger partial charge on any atom is -0.455 e. The van der Waals surface area contributed by atoms with Gasteiger partial charge in [-0.15, -0.1) is 0 Å². The quantitative estimate of drug-likeness (QED) is 0.172. The lowest BCUT2D eigenvalue weighted by atomic mass is 9.83. The van der Waals surface area contributed by atoms with E-state index in [2.05, 4.69) is 0 Å². The molecule has 236 valence electrons. The molecule has 0 spiro atoms. The molecule has 0 radical (unpaired) electrons. The largest absolute Gasteiger partial charge is 0.455 e. The van der Waals surface area contributed by atoms with E-state index >= 15 is 0 Å². The normalized spacial score (nSPS) is 16.0. The first-order valence-electron chi connectivity index (χ1n) is 23.9. The van der Waals surface area contributed by atoms with Crippen LogP contribution < -0.4 is 0 Å². The van der Waals surface area contributed by atoms with Crippen LogP contribution in [0.4, 0.5) is 0 Å². The summed E-state index contributed by atoms with van der Waals surface area (Å²) in [6, 6.07) is 18.6. The van der Waals surface area contributed by atoms with Crippen LogP contribution in [0.2, 0.25) is 0 Å². The van der Waals surface area contributed by atoms with E-state index in [9.17, 15) is 8.22 Å². The highest BCUT2D eigenvalue weighted by molar-refractivity contribution is 6.26. The van der Waals surface area contributed by atoms with Crippen molar-refractivity contribution in [2.75, 3.05) is 0 Å². The highest BCUT2D eigenvalue weighted by atomic mass is 16.3. The van der Waals surface area contributed by atoms with Crippen molar-refractivity contribution in [3.8, 4) is 33.4 Å². The molecule has 11 rings (SSSR count). The summed E-state index contributed by atoms with van der Waals surface area (Å²) in [5.74, 6) is 0. The van der Waals surface area contributed by atoms with E-state index in [-0.39, 0.29) is 32.7 Å². The Labute approximate surface area is 315 Å². The third kappa shape index (κ3) is 4.16. The molecule has 0 unspecified atom stereocenters. The maximum Gasteiger partial charge on any atom is 0.143 e. The van der Waals surface area contributed by atoms with Gasteiger partial charge in [0, 0.05) is 16.2 Å². The molecule has 51 heavy (non-hydrogen) atoms. The van der Waals surface area contributed by atoms with Gasteiger partial charge in [0.1, 0.15) is 11.2 Å². The van der Waals surface area contributed by atoms with E-state index in [1.54, 1.807) is 12.1 Å². The monoisotopic (exact) mass is 661 g/mol. The van der Waals surface area contributed by atoms with Gasteiger partial charge >= 0.3 is 0 Å². The minimum absolute atomic E-state index is 0.0304. The second-order valence-corrected chi connectivity index (χ2v) is 12.4. The van der Waals surface area contributed by atoms with E-state index in [1.807, 2.05) is 78.9 Å². The van der Waals surface area contributed by atoms with Crippen LogP contribution in [0, 0.1) is 0 Å². The van der Waals surface area contributed by atoms with Crippen LogP contribution in [0.3, 0.4) is 0 Å². The topological polar surface area (TPSA) is 13.1 Å². The molecule has 11 aromatic rings. The molecule has 0 atom stereocenters. The highest BCUT2D eigenvalue weighted by Crippen LogP contribution is 2.48. The minimum atomic E-state index is -0.742. The zero-order valence-electron chi connectivity index (χ0n) is 41.6. The van der Waals surface area contributed by atoms with Gasteiger partial charge in [-0.1, -0.05) is 163 Å². The van der Waals surface area contributed by atoms with Crippen molar-refractivity contribution >= 4 is 75.8 Å². The number of fused-ring (bicyclic) bond motifs is 9. The summed E-state index contributed by atoms with van der Waals surface area (Å²) in [4.78, 5) is 0. The number of hydrogen-bond acceptors (Lipinski definition) is 1. The highest BCUT2D eigenvalue weighted by Gasteiger charge is 2.21. The average molecular weight is 662 g/mol. The molecular formula is C50H30O. The Morgan fingerprint density at radius 3 is 1.75 bits per heavy atom. The van der Waals surface area contributed by atoms with E-state index in [0.29, 0.717) is 33.1 Å². The Morgan fingerprint density at radius 2 is 0.980 bits per heavy atom. The van der Waals surface area contributed by atoms with Gasteiger partial charge < -0.3 is 4.42 Å². The molecule has 0 N–H and O–H groups in total. The molecule has 0 aliphatic carbocycles. The lowest BCUT2D eigenvalue weighted by Crippen LogP contribution is -1.93. The van der Waals surface area contributed by atoms with Crippen molar-refractivity contribution < 1.29 is 25.0 Å². The Morgan fingerprint density at radius 1 is 0.373 bits per heavy atom. The van der Waals surface area contributed by atoms with Gasteiger partial charge in [0.25, 0.3) is 0 Å². The van der Waals surface area contributed by atoms with Gasteiger partial charge in [-0.05, 0) is 100 Å². The molecule has 1 aromatic heterocycles. The molecule has 1 heterocycles. The summed E-state index contributed by atoms with van der Waals surface area (Å²) in [5, 5.41) is 3.02. The average Bonchev–Trinajstić information content (AvgIpc) is 3.72. The fraction of sp³-hybridized carbons (Fsp3) is 0. The molecule has 10 aromatic carbocycles. The van der Waals surface area contributed by atoms with Crippen LogP contribution in [0.25, 0.3) is 109 Å². The second kappa shape index (κ2) is 10.9. The third-order valence-electron chi connectivity index (χ3n) is 9.73. The molecule has 0 fully saturated rings. The van der Waals surface area contributed by atoms with Gasteiger partial charge in [0.2, 0.25) is 0 Å². The molecular weight excluding hydrogens is 617 g/mol. The summed E-state index contributed by atoms with van der Waals surface area (Å²) in [6.07, 6.45) is 0. The number of hydrogen-bond donors (Lipinski definition) is 0. The fourth-order valence-electron chi connectivity index (χ4n) is 7.60. The van der Waals surface area contributed by atoms with Crippen LogP contribution >= 0.6 is 0 Å². The Balaban J connectivity index is 1.38. The first-order chi connectivity index (χ1) is 31.6. The molecule has 0 amide bonds. The zero-order chi connectivity index (χ0) is 46.5. The standard InChI is InChI=1S/C50H30O/c1-2-14-34-30-35(27-26-31(34)12-1)47-37-18-5-7-20-40(37)48(41-21-8-6-19-38(41)47)43-24-10-16-33-15-9-22-39(46(33)43)42-23-11-25-45-49(42)44-29-28-32-13-3-4-17-36(32)50(44)51-45/h1-30H/i1D,2D,5D,6D,7D,8D,12D,14D,18D,19D,20D,21D,26D,27D,30D. The number of rotatable bonds is 3. The smallest absolute Gasteiger partial charge is 0.143 e. The summed E-state index contributed by atoms with van der Waals surface area (Å²) in [6.45, 7) is 0. The Hall–Kier alpha value is -6.70. The van der Waals surface area contributed by atoms with Gasteiger partial charge in [0.05, 0.1) is 20.6 Å². The number of furan rings is 1.